The number of carbonyl (C=O) groups is 1. The Bertz CT molecular complexity index is 240. The van der Waals surface area contributed by atoms with E-state index < -0.39 is 0 Å². The van der Waals surface area contributed by atoms with Gasteiger partial charge >= 0.3 is 5.97 Å². The number of piperidine rings is 1. The van der Waals surface area contributed by atoms with Crippen LogP contribution >= 0.6 is 0 Å². The van der Waals surface area contributed by atoms with E-state index in [2.05, 4.69) is 24.1 Å². The molecule has 0 bridgehead atoms. The summed E-state index contributed by atoms with van der Waals surface area (Å²) in [6.45, 7) is 9.70. The number of esters is 1. The molecule has 0 aromatic carbocycles. The smallest absolute Gasteiger partial charge is 0.323 e. The maximum absolute atomic E-state index is 12.1. The van der Waals surface area contributed by atoms with Crippen LogP contribution in [0, 0.1) is 0 Å². The molecule has 0 saturated carbocycles. The van der Waals surface area contributed by atoms with Crippen molar-refractivity contribution in [3.8, 4) is 0 Å². The van der Waals surface area contributed by atoms with Crippen molar-refractivity contribution in [1.82, 2.24) is 10.2 Å². The lowest BCUT2D eigenvalue weighted by atomic mass is 10.0. The first-order valence-electron chi connectivity index (χ1n) is 7.37. The largest absolute Gasteiger partial charge is 0.465 e. The predicted molar refractivity (Wildman–Crippen MR) is 73.6 cm³/mol. The van der Waals surface area contributed by atoms with Gasteiger partial charge in [0.1, 0.15) is 6.04 Å². The fourth-order valence-corrected chi connectivity index (χ4v) is 2.76. The molecule has 0 aliphatic carbocycles. The summed E-state index contributed by atoms with van der Waals surface area (Å²) in [5, 5.41) is 3.38. The van der Waals surface area contributed by atoms with Crippen LogP contribution in [-0.4, -0.2) is 49.2 Å². The Kier molecular flexibility index (Phi) is 7.28. The average molecular weight is 256 g/mol. The molecule has 0 radical (unpaired) electrons. The first-order chi connectivity index (χ1) is 8.74. The Morgan fingerprint density at radius 2 is 2.00 bits per heavy atom. The van der Waals surface area contributed by atoms with E-state index in [1.807, 2.05) is 6.92 Å². The zero-order chi connectivity index (χ0) is 13.4. The van der Waals surface area contributed by atoms with Crippen LogP contribution in [0.3, 0.4) is 0 Å². The fourth-order valence-electron chi connectivity index (χ4n) is 2.76. The van der Waals surface area contributed by atoms with E-state index in [0.717, 1.165) is 45.3 Å². The first-order valence-corrected chi connectivity index (χ1v) is 7.37. The van der Waals surface area contributed by atoms with Gasteiger partial charge in [-0.15, -0.1) is 0 Å². The topological polar surface area (TPSA) is 41.6 Å². The van der Waals surface area contributed by atoms with Crippen molar-refractivity contribution in [1.29, 1.82) is 0 Å². The monoisotopic (exact) mass is 256 g/mol. The second-order valence-corrected chi connectivity index (χ2v) is 4.90. The molecule has 1 N–H and O–H groups in total. The van der Waals surface area contributed by atoms with Crippen molar-refractivity contribution >= 4 is 5.97 Å². The number of nitrogens with zero attached hydrogens (tertiary/aromatic N) is 1. The number of rotatable bonds is 7. The molecule has 1 fully saturated rings. The Morgan fingerprint density at radius 3 is 2.50 bits per heavy atom. The molecule has 4 nitrogen and oxygen atoms in total. The molecular weight excluding hydrogens is 228 g/mol. The highest BCUT2D eigenvalue weighted by Gasteiger charge is 2.31. The molecule has 1 rings (SSSR count). The summed E-state index contributed by atoms with van der Waals surface area (Å²) in [5.41, 5.74) is 0. The van der Waals surface area contributed by atoms with Gasteiger partial charge in [-0.05, 0) is 52.2 Å². The zero-order valence-corrected chi connectivity index (χ0v) is 12.1. The molecule has 1 aliphatic rings. The van der Waals surface area contributed by atoms with E-state index in [9.17, 15) is 4.79 Å². The second kappa shape index (κ2) is 8.48. The van der Waals surface area contributed by atoms with Crippen molar-refractivity contribution in [3.63, 3.8) is 0 Å². The van der Waals surface area contributed by atoms with Gasteiger partial charge in [-0.25, -0.2) is 0 Å². The van der Waals surface area contributed by atoms with Crippen molar-refractivity contribution in [2.75, 3.05) is 26.2 Å². The molecule has 1 aliphatic heterocycles. The van der Waals surface area contributed by atoms with Gasteiger partial charge in [-0.1, -0.05) is 13.8 Å². The summed E-state index contributed by atoms with van der Waals surface area (Å²) in [7, 11) is 0. The SMILES string of the molecule is CCCN(C1CCNCC1)C(CC)C(=O)OCC. The molecule has 0 amide bonds. The lowest BCUT2D eigenvalue weighted by molar-refractivity contribution is -0.151. The number of hydrogen-bond donors (Lipinski definition) is 1. The molecule has 1 heterocycles. The maximum Gasteiger partial charge on any atom is 0.323 e. The lowest BCUT2D eigenvalue weighted by Crippen LogP contribution is -2.51. The number of nitrogens with one attached hydrogen (secondary N) is 1. The highest BCUT2D eigenvalue weighted by atomic mass is 16.5. The molecule has 0 spiro atoms. The van der Waals surface area contributed by atoms with E-state index in [0.29, 0.717) is 12.6 Å². The Hall–Kier alpha value is -0.610. The van der Waals surface area contributed by atoms with Gasteiger partial charge in [0.15, 0.2) is 0 Å². The average Bonchev–Trinajstić information content (AvgIpc) is 2.40. The van der Waals surface area contributed by atoms with Crippen LogP contribution in [0.4, 0.5) is 0 Å². The van der Waals surface area contributed by atoms with Crippen molar-refractivity contribution in [2.24, 2.45) is 0 Å². The van der Waals surface area contributed by atoms with E-state index in [1.165, 1.54) is 0 Å². The predicted octanol–water partition coefficient (Wildman–Crippen LogP) is 1.79. The third kappa shape index (κ3) is 4.25. The van der Waals surface area contributed by atoms with E-state index >= 15 is 0 Å². The molecule has 1 atom stereocenters. The van der Waals surface area contributed by atoms with Crippen LogP contribution in [0.15, 0.2) is 0 Å². The van der Waals surface area contributed by atoms with E-state index in [4.69, 9.17) is 4.74 Å². The summed E-state index contributed by atoms with van der Waals surface area (Å²) in [6.07, 6.45) is 4.19. The molecule has 0 aromatic heterocycles. The normalized spacial score (nSPS) is 18.9. The third-order valence-corrected chi connectivity index (χ3v) is 3.61. The maximum atomic E-state index is 12.1. The van der Waals surface area contributed by atoms with Gasteiger partial charge in [0.2, 0.25) is 0 Å². The Labute approximate surface area is 111 Å². The minimum absolute atomic E-state index is 0.0491. The zero-order valence-electron chi connectivity index (χ0n) is 12.1. The highest BCUT2D eigenvalue weighted by molar-refractivity contribution is 5.75. The molecule has 106 valence electrons. The van der Waals surface area contributed by atoms with Crippen molar-refractivity contribution < 1.29 is 9.53 Å². The van der Waals surface area contributed by atoms with Gasteiger partial charge in [0.05, 0.1) is 6.61 Å². The molecular formula is C14H28N2O2. The Morgan fingerprint density at radius 1 is 1.33 bits per heavy atom. The summed E-state index contributed by atoms with van der Waals surface area (Å²) in [4.78, 5) is 14.4. The molecule has 1 unspecified atom stereocenters. The van der Waals surface area contributed by atoms with E-state index in [-0.39, 0.29) is 12.0 Å². The van der Waals surface area contributed by atoms with Gasteiger partial charge in [-0.3, -0.25) is 9.69 Å². The third-order valence-electron chi connectivity index (χ3n) is 3.61. The minimum atomic E-state index is -0.0620. The van der Waals surface area contributed by atoms with Crippen molar-refractivity contribution in [3.05, 3.63) is 0 Å². The molecule has 18 heavy (non-hydrogen) atoms. The number of ether oxygens (including phenoxy) is 1. The highest BCUT2D eigenvalue weighted by Crippen LogP contribution is 2.18. The number of hydrogen-bond acceptors (Lipinski definition) is 4. The quantitative estimate of drug-likeness (QED) is 0.705. The standard InChI is InChI=1S/C14H28N2O2/c1-4-11-16(12-7-9-15-10-8-12)13(5-2)14(17)18-6-3/h12-13,15H,4-11H2,1-3H3. The summed E-state index contributed by atoms with van der Waals surface area (Å²) >= 11 is 0. The molecule has 0 aromatic rings. The molecule has 4 heteroatoms. The number of carbonyl (C=O) groups excluding carboxylic acids is 1. The lowest BCUT2D eigenvalue weighted by Gasteiger charge is -2.38. The summed E-state index contributed by atoms with van der Waals surface area (Å²) in [6, 6.07) is 0.466. The van der Waals surface area contributed by atoms with Crippen LogP contribution in [0.1, 0.15) is 46.5 Å². The van der Waals surface area contributed by atoms with Crippen LogP contribution in [-0.2, 0) is 9.53 Å². The Balaban J connectivity index is 2.69. The van der Waals surface area contributed by atoms with Gasteiger partial charge in [0, 0.05) is 6.04 Å². The first kappa shape index (κ1) is 15.4. The molecule has 1 saturated heterocycles. The second-order valence-electron chi connectivity index (χ2n) is 4.90. The van der Waals surface area contributed by atoms with Gasteiger partial charge in [-0.2, -0.15) is 0 Å². The van der Waals surface area contributed by atoms with Crippen LogP contribution < -0.4 is 5.32 Å². The summed E-state index contributed by atoms with van der Waals surface area (Å²) < 4.78 is 5.22. The van der Waals surface area contributed by atoms with Crippen LogP contribution in [0.25, 0.3) is 0 Å². The fraction of sp³-hybridized carbons (Fsp3) is 0.929. The van der Waals surface area contributed by atoms with Crippen LogP contribution in [0.2, 0.25) is 0 Å². The van der Waals surface area contributed by atoms with Gasteiger partial charge in [0.25, 0.3) is 0 Å². The summed E-state index contributed by atoms with van der Waals surface area (Å²) in [5.74, 6) is -0.0491. The van der Waals surface area contributed by atoms with Crippen molar-refractivity contribution in [2.45, 2.75) is 58.5 Å². The van der Waals surface area contributed by atoms with E-state index in [1.54, 1.807) is 0 Å². The van der Waals surface area contributed by atoms with Gasteiger partial charge < -0.3 is 10.1 Å². The van der Waals surface area contributed by atoms with Crippen LogP contribution in [0.5, 0.6) is 0 Å². The minimum Gasteiger partial charge on any atom is -0.465 e.